The fraction of sp³-hybridized carbons (Fsp3) is 0.462. The molecule has 106 valence electrons. The fourth-order valence-electron chi connectivity index (χ4n) is 2.50. The van der Waals surface area contributed by atoms with E-state index in [2.05, 4.69) is 15.5 Å². The molecule has 3 rings (SSSR count). The van der Waals surface area contributed by atoms with Gasteiger partial charge in [0.25, 0.3) is 0 Å². The van der Waals surface area contributed by atoms with E-state index in [4.69, 9.17) is 10.5 Å². The molecule has 1 aromatic heterocycles. The molecular formula is C13H16FN5O. The second-order valence-electron chi connectivity index (χ2n) is 4.98. The van der Waals surface area contributed by atoms with Gasteiger partial charge < -0.3 is 10.5 Å². The van der Waals surface area contributed by atoms with Crippen LogP contribution in [0.5, 0.6) is 0 Å². The van der Waals surface area contributed by atoms with Crippen molar-refractivity contribution in [1.82, 2.24) is 20.2 Å². The molecule has 2 heterocycles. The van der Waals surface area contributed by atoms with Crippen LogP contribution < -0.4 is 5.73 Å². The average molecular weight is 277 g/mol. The van der Waals surface area contributed by atoms with Crippen molar-refractivity contribution in [2.45, 2.75) is 31.9 Å². The summed E-state index contributed by atoms with van der Waals surface area (Å²) >= 11 is 0. The van der Waals surface area contributed by atoms with Crippen LogP contribution in [0.2, 0.25) is 0 Å². The minimum Gasteiger partial charge on any atom is -0.399 e. The van der Waals surface area contributed by atoms with E-state index in [9.17, 15) is 4.39 Å². The molecule has 0 radical (unpaired) electrons. The number of hydrogen-bond acceptors (Lipinski definition) is 5. The van der Waals surface area contributed by atoms with Crippen molar-refractivity contribution >= 4 is 5.69 Å². The predicted molar refractivity (Wildman–Crippen MR) is 71.3 cm³/mol. The lowest BCUT2D eigenvalue weighted by atomic mass is 10.1. The number of aromatic nitrogens is 4. The van der Waals surface area contributed by atoms with Gasteiger partial charge in [-0.25, -0.2) is 9.07 Å². The minimum atomic E-state index is -0.430. The smallest absolute Gasteiger partial charge is 0.185 e. The van der Waals surface area contributed by atoms with Gasteiger partial charge in [-0.1, -0.05) is 0 Å². The quantitative estimate of drug-likeness (QED) is 0.865. The highest BCUT2D eigenvalue weighted by atomic mass is 19.1. The highest BCUT2D eigenvalue weighted by Crippen LogP contribution is 2.28. The van der Waals surface area contributed by atoms with Crippen molar-refractivity contribution < 1.29 is 9.13 Å². The molecule has 7 heteroatoms. The van der Waals surface area contributed by atoms with E-state index in [1.165, 1.54) is 6.07 Å². The van der Waals surface area contributed by atoms with E-state index in [1.54, 1.807) is 16.8 Å². The average Bonchev–Trinajstić information content (AvgIpc) is 3.09. The Morgan fingerprint density at radius 3 is 3.05 bits per heavy atom. The lowest BCUT2D eigenvalue weighted by Gasteiger charge is -2.19. The van der Waals surface area contributed by atoms with Gasteiger partial charge in [0.2, 0.25) is 0 Å². The predicted octanol–water partition coefficient (Wildman–Crippen LogP) is 1.80. The summed E-state index contributed by atoms with van der Waals surface area (Å²) in [5.74, 6) is -0.0360. The molecule has 2 N–H and O–H groups in total. The van der Waals surface area contributed by atoms with Gasteiger partial charge in [0.15, 0.2) is 5.82 Å². The van der Waals surface area contributed by atoms with Crippen molar-refractivity contribution in [3.8, 4) is 11.4 Å². The van der Waals surface area contributed by atoms with Gasteiger partial charge in [-0.15, -0.1) is 5.10 Å². The Morgan fingerprint density at radius 1 is 1.50 bits per heavy atom. The van der Waals surface area contributed by atoms with Crippen LogP contribution in [0.4, 0.5) is 10.1 Å². The van der Waals surface area contributed by atoms with Gasteiger partial charge in [0.05, 0.1) is 17.7 Å². The van der Waals surface area contributed by atoms with Gasteiger partial charge >= 0.3 is 0 Å². The number of nitrogens with zero attached hydrogens (tertiary/aromatic N) is 4. The third-order valence-electron chi connectivity index (χ3n) is 3.62. The zero-order valence-corrected chi connectivity index (χ0v) is 11.2. The number of anilines is 1. The van der Waals surface area contributed by atoms with Crippen LogP contribution in [-0.4, -0.2) is 32.9 Å². The first-order valence-electron chi connectivity index (χ1n) is 6.61. The molecule has 1 saturated heterocycles. The number of hydrogen-bond donors (Lipinski definition) is 1. The molecule has 1 aromatic carbocycles. The number of tetrazole rings is 1. The summed E-state index contributed by atoms with van der Waals surface area (Å²) in [5.41, 5.74) is 6.27. The van der Waals surface area contributed by atoms with Crippen LogP contribution in [0.3, 0.4) is 0 Å². The molecule has 0 aliphatic carbocycles. The molecule has 20 heavy (non-hydrogen) atoms. The van der Waals surface area contributed by atoms with Gasteiger partial charge in [-0.2, -0.15) is 0 Å². The van der Waals surface area contributed by atoms with Crippen LogP contribution in [0.15, 0.2) is 18.2 Å². The normalized spacial score (nSPS) is 20.2. The Balaban J connectivity index is 1.97. The minimum absolute atomic E-state index is 0.0422. The molecule has 2 atom stereocenters. The number of nitrogens with two attached hydrogens (primary N) is 1. The third kappa shape index (κ3) is 2.24. The summed E-state index contributed by atoms with van der Waals surface area (Å²) in [6.45, 7) is 2.73. The van der Waals surface area contributed by atoms with E-state index >= 15 is 0 Å². The van der Waals surface area contributed by atoms with Crippen LogP contribution >= 0.6 is 0 Å². The van der Waals surface area contributed by atoms with Crippen molar-refractivity contribution in [2.75, 3.05) is 12.3 Å². The highest BCUT2D eigenvalue weighted by molar-refractivity contribution is 5.59. The SMILES string of the molecule is CC(C1CCCO1)n1nnnc1-c1ccc(N)cc1F. The first-order chi connectivity index (χ1) is 9.66. The molecule has 1 fully saturated rings. The Hall–Kier alpha value is -2.02. The van der Waals surface area contributed by atoms with Gasteiger partial charge in [-0.05, 0) is 48.4 Å². The first kappa shape index (κ1) is 13.0. The van der Waals surface area contributed by atoms with E-state index < -0.39 is 5.82 Å². The second kappa shape index (κ2) is 5.16. The van der Waals surface area contributed by atoms with Crippen molar-refractivity contribution in [1.29, 1.82) is 0 Å². The van der Waals surface area contributed by atoms with Crippen LogP contribution in [0.25, 0.3) is 11.4 Å². The molecule has 0 spiro atoms. The van der Waals surface area contributed by atoms with Crippen LogP contribution in [0, 0.1) is 5.82 Å². The van der Waals surface area contributed by atoms with Gasteiger partial charge in [0.1, 0.15) is 5.82 Å². The summed E-state index contributed by atoms with van der Waals surface area (Å²) in [6, 6.07) is 4.45. The van der Waals surface area contributed by atoms with Crippen molar-refractivity contribution in [3.63, 3.8) is 0 Å². The number of halogens is 1. The molecular weight excluding hydrogens is 261 g/mol. The molecule has 2 unspecified atom stereocenters. The molecule has 1 aliphatic rings. The molecule has 1 aliphatic heterocycles. The van der Waals surface area contributed by atoms with Crippen LogP contribution in [-0.2, 0) is 4.74 Å². The zero-order chi connectivity index (χ0) is 14.1. The lowest BCUT2D eigenvalue weighted by Crippen LogP contribution is -2.22. The largest absolute Gasteiger partial charge is 0.399 e. The summed E-state index contributed by atoms with van der Waals surface area (Å²) in [4.78, 5) is 0. The van der Waals surface area contributed by atoms with Crippen molar-refractivity contribution in [3.05, 3.63) is 24.0 Å². The topological polar surface area (TPSA) is 78.8 Å². The maximum absolute atomic E-state index is 14.0. The van der Waals surface area contributed by atoms with E-state index in [-0.39, 0.29) is 12.1 Å². The summed E-state index contributed by atoms with van der Waals surface area (Å²) in [6.07, 6.45) is 2.06. The number of rotatable bonds is 3. The molecule has 6 nitrogen and oxygen atoms in total. The number of nitrogen functional groups attached to an aromatic ring is 1. The second-order valence-corrected chi connectivity index (χ2v) is 4.98. The maximum atomic E-state index is 14.0. The highest BCUT2D eigenvalue weighted by Gasteiger charge is 2.27. The van der Waals surface area contributed by atoms with Gasteiger partial charge in [0, 0.05) is 12.3 Å². The molecule has 2 aromatic rings. The first-order valence-corrected chi connectivity index (χ1v) is 6.61. The maximum Gasteiger partial charge on any atom is 0.185 e. The zero-order valence-electron chi connectivity index (χ0n) is 11.2. The number of benzene rings is 1. The standard InChI is InChI=1S/C13H16FN5O/c1-8(12-3-2-6-20-12)19-13(16-17-18-19)10-5-4-9(15)7-11(10)14/h4-5,7-8,12H,2-3,6,15H2,1H3. The third-order valence-corrected chi connectivity index (χ3v) is 3.62. The molecule has 0 bridgehead atoms. The van der Waals surface area contributed by atoms with E-state index in [1.807, 2.05) is 6.92 Å². The summed E-state index contributed by atoms with van der Waals surface area (Å²) in [7, 11) is 0. The molecule has 0 amide bonds. The Labute approximate surface area is 115 Å². The van der Waals surface area contributed by atoms with Crippen molar-refractivity contribution in [2.24, 2.45) is 0 Å². The summed E-state index contributed by atoms with van der Waals surface area (Å²) < 4.78 is 21.3. The Kier molecular flexibility index (Phi) is 3.35. The lowest BCUT2D eigenvalue weighted by molar-refractivity contribution is 0.0690. The van der Waals surface area contributed by atoms with Gasteiger partial charge in [-0.3, -0.25) is 0 Å². The van der Waals surface area contributed by atoms with Crippen LogP contribution in [0.1, 0.15) is 25.8 Å². The Morgan fingerprint density at radius 2 is 2.35 bits per heavy atom. The van der Waals surface area contributed by atoms with E-state index in [0.29, 0.717) is 17.1 Å². The summed E-state index contributed by atoms with van der Waals surface area (Å²) in [5, 5.41) is 11.6. The molecule has 0 saturated carbocycles. The fourth-order valence-corrected chi connectivity index (χ4v) is 2.50. The van der Waals surface area contributed by atoms with E-state index in [0.717, 1.165) is 19.4 Å². The monoisotopic (exact) mass is 277 g/mol. The Bertz CT molecular complexity index is 609. The number of ether oxygens (including phenoxy) is 1.